The highest BCUT2D eigenvalue weighted by atomic mass is 35.5. The summed E-state index contributed by atoms with van der Waals surface area (Å²) in [5, 5.41) is 3.85. The monoisotopic (exact) mass is 228 g/mol. The fourth-order valence-corrected chi connectivity index (χ4v) is 2.07. The first-order valence-electron chi connectivity index (χ1n) is 5.11. The third kappa shape index (κ3) is 2.24. The van der Waals surface area contributed by atoms with Crippen LogP contribution >= 0.6 is 11.6 Å². The van der Waals surface area contributed by atoms with Crippen molar-refractivity contribution in [3.05, 3.63) is 29.0 Å². The molecule has 1 N–H and O–H groups in total. The van der Waals surface area contributed by atoms with Crippen molar-refractivity contribution in [1.29, 1.82) is 0 Å². The van der Waals surface area contributed by atoms with Crippen LogP contribution in [0, 0.1) is 5.82 Å². The van der Waals surface area contributed by atoms with E-state index in [1.807, 2.05) is 0 Å². The zero-order chi connectivity index (χ0) is 10.8. The molecule has 1 atom stereocenters. The number of anilines is 1. The molecule has 0 saturated carbocycles. The zero-order valence-electron chi connectivity index (χ0n) is 8.63. The molecule has 1 aromatic rings. The Kier molecular flexibility index (Phi) is 3.12. The molecule has 1 aliphatic rings. The molecule has 0 spiro atoms. The smallest absolute Gasteiger partial charge is 0.146 e. The molecule has 2 nitrogen and oxygen atoms in total. The molecular weight excluding hydrogens is 215 g/mol. The number of hydrogen-bond donors (Lipinski definition) is 1. The van der Waals surface area contributed by atoms with Gasteiger partial charge in [0.2, 0.25) is 0 Å². The Labute approximate surface area is 94.0 Å². The van der Waals surface area contributed by atoms with Crippen LogP contribution in [0.1, 0.15) is 6.92 Å². The Morgan fingerprint density at radius 2 is 2.33 bits per heavy atom. The molecule has 0 radical (unpaired) electrons. The van der Waals surface area contributed by atoms with E-state index in [1.165, 1.54) is 6.07 Å². The zero-order valence-corrected chi connectivity index (χ0v) is 9.39. The molecule has 1 aromatic carbocycles. The molecular formula is C11H14ClFN2. The van der Waals surface area contributed by atoms with Gasteiger partial charge in [-0.2, -0.15) is 0 Å². The van der Waals surface area contributed by atoms with Crippen LogP contribution in [0.4, 0.5) is 10.1 Å². The quantitative estimate of drug-likeness (QED) is 0.794. The summed E-state index contributed by atoms with van der Waals surface area (Å²) in [4.78, 5) is 2.05. The van der Waals surface area contributed by atoms with E-state index in [4.69, 9.17) is 11.6 Å². The lowest BCUT2D eigenvalue weighted by Crippen LogP contribution is -2.50. The van der Waals surface area contributed by atoms with Crippen molar-refractivity contribution in [2.45, 2.75) is 13.0 Å². The van der Waals surface area contributed by atoms with Crippen molar-refractivity contribution in [2.75, 3.05) is 24.5 Å². The molecule has 1 saturated heterocycles. The molecule has 1 fully saturated rings. The third-order valence-corrected chi connectivity index (χ3v) is 2.95. The summed E-state index contributed by atoms with van der Waals surface area (Å²) in [6.07, 6.45) is 0. The summed E-state index contributed by atoms with van der Waals surface area (Å²) in [5.41, 5.74) is 0.608. The van der Waals surface area contributed by atoms with E-state index in [2.05, 4.69) is 17.1 Å². The van der Waals surface area contributed by atoms with E-state index in [1.54, 1.807) is 12.1 Å². The Morgan fingerprint density at radius 1 is 1.53 bits per heavy atom. The molecule has 0 aromatic heterocycles. The molecule has 4 heteroatoms. The highest BCUT2D eigenvalue weighted by Crippen LogP contribution is 2.25. The largest absolute Gasteiger partial charge is 0.364 e. The summed E-state index contributed by atoms with van der Waals surface area (Å²) in [5.74, 6) is -0.201. The van der Waals surface area contributed by atoms with Gasteiger partial charge in [0.15, 0.2) is 0 Å². The normalized spacial score (nSPS) is 21.8. The number of halogens is 2. The minimum absolute atomic E-state index is 0.201. The number of piperazine rings is 1. The number of nitrogens with one attached hydrogen (secondary N) is 1. The minimum atomic E-state index is -0.201. The summed E-state index contributed by atoms with van der Waals surface area (Å²) in [6, 6.07) is 4.99. The Balaban J connectivity index is 2.30. The van der Waals surface area contributed by atoms with Gasteiger partial charge in [-0.3, -0.25) is 0 Å². The standard InChI is InChI=1S/C11H14ClFN2/c1-8-7-14-4-5-15(8)11-6-9(12)2-3-10(11)13/h2-3,6,8,14H,4-5,7H2,1H3/t8-/m1/s1. The van der Waals surface area contributed by atoms with Gasteiger partial charge >= 0.3 is 0 Å². The predicted octanol–water partition coefficient (Wildman–Crippen LogP) is 2.28. The molecule has 15 heavy (non-hydrogen) atoms. The average Bonchev–Trinajstić information content (AvgIpc) is 2.23. The molecule has 1 heterocycles. The van der Waals surface area contributed by atoms with Crippen LogP contribution in [-0.2, 0) is 0 Å². The summed E-state index contributed by atoms with van der Waals surface area (Å²) in [7, 11) is 0. The predicted molar refractivity (Wildman–Crippen MR) is 61.1 cm³/mol. The van der Waals surface area contributed by atoms with Crippen LogP contribution in [0.15, 0.2) is 18.2 Å². The van der Waals surface area contributed by atoms with Gasteiger partial charge in [-0.25, -0.2) is 4.39 Å². The van der Waals surface area contributed by atoms with E-state index < -0.39 is 0 Å². The van der Waals surface area contributed by atoms with E-state index in [-0.39, 0.29) is 5.82 Å². The fraction of sp³-hybridized carbons (Fsp3) is 0.455. The van der Waals surface area contributed by atoms with Crippen LogP contribution in [0.5, 0.6) is 0 Å². The molecule has 0 bridgehead atoms. The number of hydrogen-bond acceptors (Lipinski definition) is 2. The summed E-state index contributed by atoms with van der Waals surface area (Å²) < 4.78 is 13.6. The van der Waals surface area contributed by atoms with Gasteiger partial charge < -0.3 is 10.2 Å². The van der Waals surface area contributed by atoms with Gasteiger partial charge in [0, 0.05) is 30.7 Å². The highest BCUT2D eigenvalue weighted by molar-refractivity contribution is 6.30. The Morgan fingerprint density at radius 3 is 3.07 bits per heavy atom. The lowest BCUT2D eigenvalue weighted by atomic mass is 10.1. The summed E-state index contributed by atoms with van der Waals surface area (Å²) >= 11 is 5.87. The average molecular weight is 229 g/mol. The van der Waals surface area contributed by atoms with Gasteiger partial charge in [0.05, 0.1) is 5.69 Å². The molecule has 2 rings (SSSR count). The Hall–Kier alpha value is -0.800. The third-order valence-electron chi connectivity index (χ3n) is 2.72. The van der Waals surface area contributed by atoms with E-state index in [0.717, 1.165) is 19.6 Å². The van der Waals surface area contributed by atoms with E-state index in [0.29, 0.717) is 16.8 Å². The number of benzene rings is 1. The van der Waals surface area contributed by atoms with Crippen LogP contribution in [0.25, 0.3) is 0 Å². The maximum Gasteiger partial charge on any atom is 0.146 e. The van der Waals surface area contributed by atoms with Crippen molar-refractivity contribution in [3.8, 4) is 0 Å². The second kappa shape index (κ2) is 4.37. The van der Waals surface area contributed by atoms with Crippen molar-refractivity contribution >= 4 is 17.3 Å². The van der Waals surface area contributed by atoms with Gasteiger partial charge in [0.1, 0.15) is 5.82 Å². The van der Waals surface area contributed by atoms with Gasteiger partial charge in [-0.05, 0) is 25.1 Å². The lowest BCUT2D eigenvalue weighted by molar-refractivity contribution is 0.491. The lowest BCUT2D eigenvalue weighted by Gasteiger charge is -2.36. The van der Waals surface area contributed by atoms with Crippen LogP contribution in [0.2, 0.25) is 5.02 Å². The summed E-state index contributed by atoms with van der Waals surface area (Å²) in [6.45, 7) is 4.66. The first-order chi connectivity index (χ1) is 7.18. The molecule has 82 valence electrons. The van der Waals surface area contributed by atoms with E-state index >= 15 is 0 Å². The topological polar surface area (TPSA) is 15.3 Å². The van der Waals surface area contributed by atoms with Crippen molar-refractivity contribution in [1.82, 2.24) is 5.32 Å². The van der Waals surface area contributed by atoms with Gasteiger partial charge in [-0.1, -0.05) is 11.6 Å². The van der Waals surface area contributed by atoms with Crippen LogP contribution < -0.4 is 10.2 Å². The highest BCUT2D eigenvalue weighted by Gasteiger charge is 2.20. The number of rotatable bonds is 1. The molecule has 0 amide bonds. The van der Waals surface area contributed by atoms with Gasteiger partial charge in [0.25, 0.3) is 0 Å². The molecule has 0 aliphatic carbocycles. The first-order valence-corrected chi connectivity index (χ1v) is 5.48. The molecule has 0 unspecified atom stereocenters. The van der Waals surface area contributed by atoms with Crippen molar-refractivity contribution in [2.24, 2.45) is 0 Å². The van der Waals surface area contributed by atoms with Gasteiger partial charge in [-0.15, -0.1) is 0 Å². The minimum Gasteiger partial charge on any atom is -0.364 e. The SMILES string of the molecule is C[C@@H]1CNCCN1c1cc(Cl)ccc1F. The first kappa shape index (κ1) is 10.7. The second-order valence-corrected chi connectivity index (χ2v) is 4.28. The Bertz CT molecular complexity index is 356. The van der Waals surface area contributed by atoms with Crippen LogP contribution in [-0.4, -0.2) is 25.7 Å². The second-order valence-electron chi connectivity index (χ2n) is 3.84. The van der Waals surface area contributed by atoms with E-state index in [9.17, 15) is 4.39 Å². The number of nitrogens with zero attached hydrogens (tertiary/aromatic N) is 1. The maximum atomic E-state index is 13.6. The van der Waals surface area contributed by atoms with Crippen molar-refractivity contribution in [3.63, 3.8) is 0 Å². The fourth-order valence-electron chi connectivity index (χ4n) is 1.90. The maximum absolute atomic E-state index is 13.6. The molecule has 1 aliphatic heterocycles. The van der Waals surface area contributed by atoms with Crippen LogP contribution in [0.3, 0.4) is 0 Å². The van der Waals surface area contributed by atoms with Crippen molar-refractivity contribution < 1.29 is 4.39 Å².